The number of halogens is 4. The molecule has 186 valence electrons. The minimum absolute atomic E-state index is 0.0924. The van der Waals surface area contributed by atoms with Crippen LogP contribution in [-0.2, 0) is 12.7 Å². The first kappa shape index (κ1) is 24.0. The van der Waals surface area contributed by atoms with Crippen LogP contribution in [0.4, 0.5) is 28.0 Å². The Balaban J connectivity index is 1.25. The number of carbonyl (C=O) groups is 1. The number of aromatic nitrogens is 3. The second kappa shape index (κ2) is 9.73. The van der Waals surface area contributed by atoms with Gasteiger partial charge in [-0.05, 0) is 59.2 Å². The summed E-state index contributed by atoms with van der Waals surface area (Å²) in [6.45, 7) is 0.0924. The molecule has 5 aromatic rings. The van der Waals surface area contributed by atoms with Crippen LogP contribution in [0.3, 0.4) is 0 Å². The molecule has 6 nitrogen and oxygen atoms in total. The van der Waals surface area contributed by atoms with Crippen molar-refractivity contribution in [2.24, 2.45) is 0 Å². The lowest BCUT2D eigenvalue weighted by molar-refractivity contribution is -0.137. The van der Waals surface area contributed by atoms with E-state index < -0.39 is 29.3 Å². The number of nitrogens with zero attached hydrogens (tertiary/aromatic N) is 3. The molecule has 0 atom stereocenters. The third-order valence-electron chi connectivity index (χ3n) is 5.77. The van der Waals surface area contributed by atoms with E-state index in [1.807, 2.05) is 59.1 Å². The fourth-order valence-electron chi connectivity index (χ4n) is 3.86. The highest BCUT2D eigenvalue weighted by atomic mass is 19.4. The average Bonchev–Trinajstić information content (AvgIpc) is 3.32. The maximum absolute atomic E-state index is 13.9. The van der Waals surface area contributed by atoms with Crippen LogP contribution in [0.15, 0.2) is 91.5 Å². The van der Waals surface area contributed by atoms with Gasteiger partial charge in [-0.25, -0.2) is 14.2 Å². The fraction of sp³-hybridized carbons (Fsp3) is 0.0741. The van der Waals surface area contributed by atoms with E-state index in [-0.39, 0.29) is 6.54 Å². The van der Waals surface area contributed by atoms with Crippen molar-refractivity contribution in [3.63, 3.8) is 0 Å². The first-order chi connectivity index (χ1) is 17.8. The number of fused-ring (bicyclic) bond motifs is 1. The maximum atomic E-state index is 13.9. The Morgan fingerprint density at radius 1 is 0.892 bits per heavy atom. The van der Waals surface area contributed by atoms with Gasteiger partial charge in [0.15, 0.2) is 0 Å². The normalized spacial score (nSPS) is 11.5. The van der Waals surface area contributed by atoms with E-state index in [1.54, 1.807) is 18.6 Å². The molecule has 0 radical (unpaired) electrons. The SMILES string of the molecule is O=C(NCc1ccc(-c2cnc3cc(-c4ccncc4)ccn23)cc1)Nc1cc(C(F)(F)F)ccc1F. The number of alkyl halides is 3. The fourth-order valence-corrected chi connectivity index (χ4v) is 3.86. The third-order valence-corrected chi connectivity index (χ3v) is 5.77. The topological polar surface area (TPSA) is 71.3 Å². The van der Waals surface area contributed by atoms with Crippen LogP contribution in [0.25, 0.3) is 28.0 Å². The van der Waals surface area contributed by atoms with Gasteiger partial charge in [0.1, 0.15) is 11.5 Å². The van der Waals surface area contributed by atoms with Crippen molar-refractivity contribution in [3.8, 4) is 22.4 Å². The predicted molar refractivity (Wildman–Crippen MR) is 131 cm³/mol. The number of carbonyl (C=O) groups excluding carboxylic acids is 1. The number of imidazole rings is 1. The Morgan fingerprint density at radius 3 is 2.38 bits per heavy atom. The Bertz CT molecular complexity index is 1560. The molecule has 10 heteroatoms. The Morgan fingerprint density at radius 2 is 1.65 bits per heavy atom. The van der Waals surface area contributed by atoms with E-state index in [1.165, 1.54) is 0 Å². The number of hydrogen-bond donors (Lipinski definition) is 2. The largest absolute Gasteiger partial charge is 0.416 e. The quantitative estimate of drug-likeness (QED) is 0.266. The van der Waals surface area contributed by atoms with Crippen molar-refractivity contribution in [1.82, 2.24) is 19.7 Å². The molecule has 0 aliphatic rings. The molecule has 0 aliphatic carbocycles. The lowest BCUT2D eigenvalue weighted by atomic mass is 10.1. The molecule has 0 saturated heterocycles. The number of anilines is 1. The molecule has 3 heterocycles. The van der Waals surface area contributed by atoms with E-state index in [0.717, 1.165) is 33.6 Å². The van der Waals surface area contributed by atoms with Crippen LogP contribution in [0.2, 0.25) is 0 Å². The molecule has 5 rings (SSSR count). The second-order valence-electron chi connectivity index (χ2n) is 8.22. The number of pyridine rings is 2. The standard InChI is InChI=1S/C27H19F4N5O/c28-22-6-5-21(27(29,30)31)14-23(22)35-26(37)34-15-17-1-3-19(4-2-17)24-16-33-25-13-20(9-12-36(24)25)18-7-10-32-11-8-18/h1-14,16H,15H2,(H2,34,35,37). The van der Waals surface area contributed by atoms with E-state index in [4.69, 9.17) is 0 Å². The summed E-state index contributed by atoms with van der Waals surface area (Å²) < 4.78 is 54.4. The van der Waals surface area contributed by atoms with Gasteiger partial charge >= 0.3 is 12.2 Å². The predicted octanol–water partition coefficient (Wildman–Crippen LogP) is 6.54. The molecular weight excluding hydrogens is 486 g/mol. The van der Waals surface area contributed by atoms with Gasteiger partial charge in [0.2, 0.25) is 0 Å². The van der Waals surface area contributed by atoms with Crippen LogP contribution in [-0.4, -0.2) is 20.4 Å². The maximum Gasteiger partial charge on any atom is 0.416 e. The number of nitrogens with one attached hydrogen (secondary N) is 2. The molecule has 37 heavy (non-hydrogen) atoms. The van der Waals surface area contributed by atoms with E-state index >= 15 is 0 Å². The van der Waals surface area contributed by atoms with Crippen LogP contribution in [0, 0.1) is 5.82 Å². The van der Waals surface area contributed by atoms with Crippen LogP contribution < -0.4 is 10.6 Å². The van der Waals surface area contributed by atoms with Crippen molar-refractivity contribution in [2.45, 2.75) is 12.7 Å². The Kier molecular flexibility index (Phi) is 6.31. The molecule has 3 aromatic heterocycles. The highest BCUT2D eigenvalue weighted by molar-refractivity contribution is 5.89. The summed E-state index contributed by atoms with van der Waals surface area (Å²) in [5.41, 5.74) is 3.78. The smallest absolute Gasteiger partial charge is 0.334 e. The van der Waals surface area contributed by atoms with Crippen molar-refractivity contribution in [3.05, 3.63) is 108 Å². The molecule has 0 bridgehead atoms. The molecule has 0 saturated carbocycles. The molecule has 0 fully saturated rings. The summed E-state index contributed by atoms with van der Waals surface area (Å²) in [5, 5.41) is 4.64. The Hall–Kier alpha value is -4.73. The third kappa shape index (κ3) is 5.27. The molecule has 2 aromatic carbocycles. The summed E-state index contributed by atoms with van der Waals surface area (Å²) in [7, 11) is 0. The van der Waals surface area contributed by atoms with Crippen molar-refractivity contribution < 1.29 is 22.4 Å². The molecule has 2 amide bonds. The molecule has 0 aliphatic heterocycles. The highest BCUT2D eigenvalue weighted by Crippen LogP contribution is 2.32. The van der Waals surface area contributed by atoms with Crippen LogP contribution in [0.5, 0.6) is 0 Å². The van der Waals surface area contributed by atoms with Gasteiger partial charge in [0, 0.05) is 30.7 Å². The number of amides is 2. The molecule has 0 spiro atoms. The summed E-state index contributed by atoms with van der Waals surface area (Å²) in [5.74, 6) is -0.964. The van der Waals surface area contributed by atoms with Gasteiger partial charge in [-0.15, -0.1) is 0 Å². The minimum atomic E-state index is -4.65. The highest BCUT2D eigenvalue weighted by Gasteiger charge is 2.31. The zero-order valence-electron chi connectivity index (χ0n) is 19.1. The molecule has 0 unspecified atom stereocenters. The zero-order chi connectivity index (χ0) is 26.0. The van der Waals surface area contributed by atoms with Crippen LogP contribution in [0.1, 0.15) is 11.1 Å². The van der Waals surface area contributed by atoms with Gasteiger partial charge < -0.3 is 10.6 Å². The number of hydrogen-bond acceptors (Lipinski definition) is 3. The molecular formula is C27H19F4N5O. The summed E-state index contributed by atoms with van der Waals surface area (Å²) in [6, 6.07) is 16.2. The minimum Gasteiger partial charge on any atom is -0.334 e. The molecule has 2 N–H and O–H groups in total. The summed E-state index contributed by atoms with van der Waals surface area (Å²) in [4.78, 5) is 20.7. The van der Waals surface area contributed by atoms with Crippen molar-refractivity contribution in [1.29, 1.82) is 0 Å². The monoisotopic (exact) mass is 505 g/mol. The van der Waals surface area contributed by atoms with E-state index in [2.05, 4.69) is 20.6 Å². The van der Waals surface area contributed by atoms with Crippen LogP contribution >= 0.6 is 0 Å². The second-order valence-corrected chi connectivity index (χ2v) is 8.22. The lowest BCUT2D eigenvalue weighted by Crippen LogP contribution is -2.28. The number of rotatable bonds is 5. The first-order valence-corrected chi connectivity index (χ1v) is 11.2. The number of urea groups is 1. The van der Waals surface area contributed by atoms with E-state index in [0.29, 0.717) is 18.2 Å². The van der Waals surface area contributed by atoms with Gasteiger partial charge in [-0.2, -0.15) is 13.2 Å². The van der Waals surface area contributed by atoms with Gasteiger partial charge in [-0.3, -0.25) is 9.38 Å². The van der Waals surface area contributed by atoms with Gasteiger partial charge in [-0.1, -0.05) is 24.3 Å². The van der Waals surface area contributed by atoms with Gasteiger partial charge in [0.05, 0.1) is 23.1 Å². The van der Waals surface area contributed by atoms with Crippen molar-refractivity contribution in [2.75, 3.05) is 5.32 Å². The zero-order valence-corrected chi connectivity index (χ0v) is 19.1. The van der Waals surface area contributed by atoms with Gasteiger partial charge in [0.25, 0.3) is 0 Å². The summed E-state index contributed by atoms with van der Waals surface area (Å²) in [6.07, 6.45) is 2.54. The Labute approximate surface area is 208 Å². The van der Waals surface area contributed by atoms with Crippen molar-refractivity contribution >= 4 is 17.4 Å². The number of benzene rings is 2. The average molecular weight is 505 g/mol. The lowest BCUT2D eigenvalue weighted by Gasteiger charge is -2.12. The summed E-state index contributed by atoms with van der Waals surface area (Å²) >= 11 is 0. The van der Waals surface area contributed by atoms with E-state index in [9.17, 15) is 22.4 Å². The first-order valence-electron chi connectivity index (χ1n) is 11.2.